The number of aromatic amines is 1. The molecule has 0 radical (unpaired) electrons. The van der Waals surface area contributed by atoms with Crippen molar-refractivity contribution in [2.75, 3.05) is 0 Å². The molecule has 0 aromatic carbocycles. The zero-order chi connectivity index (χ0) is 9.42. The molecule has 0 saturated carbocycles. The highest BCUT2D eigenvalue weighted by Gasteiger charge is 2.09. The molecule has 0 aliphatic carbocycles. The first-order chi connectivity index (χ1) is 6.18. The number of carbonyl (C=O) groups is 1. The van der Waals surface area contributed by atoms with Gasteiger partial charge in [0, 0.05) is 12.3 Å². The maximum Gasteiger partial charge on any atom is 0.183 e. The average molecular weight is 196 g/mol. The van der Waals surface area contributed by atoms with Crippen molar-refractivity contribution in [2.45, 2.75) is 6.92 Å². The first-order valence-corrected chi connectivity index (χ1v) is 4.08. The van der Waals surface area contributed by atoms with E-state index in [4.69, 9.17) is 11.6 Å². The van der Waals surface area contributed by atoms with Crippen LogP contribution in [0.25, 0.3) is 11.0 Å². The molecule has 0 amide bonds. The van der Waals surface area contributed by atoms with Crippen LogP contribution in [0.5, 0.6) is 0 Å². The van der Waals surface area contributed by atoms with Gasteiger partial charge in [0.05, 0.1) is 0 Å². The molecule has 5 heteroatoms. The lowest BCUT2D eigenvalue weighted by Gasteiger charge is -1.90. The molecule has 0 fully saturated rings. The minimum absolute atomic E-state index is 0.0633. The molecule has 0 bridgehead atoms. The number of nitrogens with zero attached hydrogens (tertiary/aromatic N) is 2. The molecule has 0 aliphatic rings. The molecule has 66 valence electrons. The van der Waals surface area contributed by atoms with Gasteiger partial charge >= 0.3 is 0 Å². The molecule has 1 N–H and O–H groups in total. The molecule has 2 rings (SSSR count). The second-order valence-corrected chi connectivity index (χ2v) is 3.05. The maximum absolute atomic E-state index is 11.1. The van der Waals surface area contributed by atoms with Crippen molar-refractivity contribution in [3.63, 3.8) is 0 Å². The number of pyridine rings is 1. The van der Waals surface area contributed by atoms with Crippen molar-refractivity contribution in [1.82, 2.24) is 15.2 Å². The molecule has 13 heavy (non-hydrogen) atoms. The summed E-state index contributed by atoms with van der Waals surface area (Å²) in [7, 11) is 0. The Balaban J connectivity index is 2.76. The second kappa shape index (κ2) is 2.81. The SMILES string of the molecule is CC(=O)c1[nH]nc2nc(Cl)ccc12. The Morgan fingerprint density at radius 2 is 2.31 bits per heavy atom. The number of nitrogens with one attached hydrogen (secondary N) is 1. The van der Waals surface area contributed by atoms with Crippen LogP contribution >= 0.6 is 11.6 Å². The minimum Gasteiger partial charge on any atom is -0.293 e. The fourth-order valence-corrected chi connectivity index (χ4v) is 1.29. The molecule has 0 saturated heterocycles. The number of rotatable bonds is 1. The fourth-order valence-electron chi connectivity index (χ4n) is 1.14. The van der Waals surface area contributed by atoms with Crippen LogP contribution in [-0.2, 0) is 0 Å². The van der Waals surface area contributed by atoms with Gasteiger partial charge < -0.3 is 0 Å². The Bertz CT molecular complexity index is 477. The summed E-state index contributed by atoms with van der Waals surface area (Å²) in [6, 6.07) is 3.36. The van der Waals surface area contributed by atoms with E-state index < -0.39 is 0 Å². The third-order valence-corrected chi connectivity index (χ3v) is 1.95. The molecule has 0 atom stereocenters. The molecular weight excluding hydrogens is 190 g/mol. The van der Waals surface area contributed by atoms with E-state index in [1.807, 2.05) is 0 Å². The zero-order valence-corrected chi connectivity index (χ0v) is 7.59. The minimum atomic E-state index is -0.0633. The quantitative estimate of drug-likeness (QED) is 0.558. The lowest BCUT2D eigenvalue weighted by atomic mass is 10.2. The van der Waals surface area contributed by atoms with E-state index in [0.29, 0.717) is 21.9 Å². The van der Waals surface area contributed by atoms with E-state index in [9.17, 15) is 4.79 Å². The summed E-state index contributed by atoms with van der Waals surface area (Å²) >= 11 is 5.66. The molecule has 0 aliphatic heterocycles. The number of Topliss-reactive ketones (excluding diaryl/α,β-unsaturated/α-hetero) is 1. The summed E-state index contributed by atoms with van der Waals surface area (Å²) in [5, 5.41) is 7.55. The van der Waals surface area contributed by atoms with E-state index in [0.717, 1.165) is 0 Å². The lowest BCUT2D eigenvalue weighted by molar-refractivity contribution is 0.101. The van der Waals surface area contributed by atoms with Crippen LogP contribution in [-0.4, -0.2) is 21.0 Å². The molecule has 0 unspecified atom stereocenters. The first-order valence-electron chi connectivity index (χ1n) is 3.70. The Labute approximate surface area is 78.9 Å². The molecule has 2 aromatic heterocycles. The van der Waals surface area contributed by atoms with Crippen molar-refractivity contribution in [1.29, 1.82) is 0 Å². The average Bonchev–Trinajstić information content (AvgIpc) is 2.46. The summed E-state index contributed by atoms with van der Waals surface area (Å²) in [6.07, 6.45) is 0. The predicted octanol–water partition coefficient (Wildman–Crippen LogP) is 1.81. The summed E-state index contributed by atoms with van der Waals surface area (Å²) < 4.78 is 0. The van der Waals surface area contributed by atoms with Gasteiger partial charge in [-0.3, -0.25) is 9.89 Å². The van der Waals surface area contributed by atoms with Gasteiger partial charge in [-0.2, -0.15) is 5.10 Å². The second-order valence-electron chi connectivity index (χ2n) is 2.66. The Morgan fingerprint density at radius 3 is 3.00 bits per heavy atom. The predicted molar refractivity (Wildman–Crippen MR) is 48.9 cm³/mol. The number of aromatic nitrogens is 3. The summed E-state index contributed by atoms with van der Waals surface area (Å²) in [6.45, 7) is 1.47. The molecule has 2 heterocycles. The van der Waals surface area contributed by atoms with Crippen LogP contribution < -0.4 is 0 Å². The number of carbonyl (C=O) groups excluding carboxylic acids is 1. The van der Waals surface area contributed by atoms with Crippen LogP contribution in [0.4, 0.5) is 0 Å². The van der Waals surface area contributed by atoms with E-state index in [-0.39, 0.29) is 5.78 Å². The topological polar surface area (TPSA) is 58.6 Å². The standard InChI is InChI=1S/C8H6ClN3O/c1-4(13)7-5-2-3-6(9)10-8(5)12-11-7/h2-3H,1H3,(H,10,11,12). The highest BCUT2D eigenvalue weighted by Crippen LogP contribution is 2.16. The lowest BCUT2D eigenvalue weighted by Crippen LogP contribution is -1.92. The molecular formula is C8H6ClN3O. The number of hydrogen-bond acceptors (Lipinski definition) is 3. The van der Waals surface area contributed by atoms with Crippen LogP contribution in [0, 0.1) is 0 Å². The third kappa shape index (κ3) is 1.29. The number of hydrogen-bond donors (Lipinski definition) is 1. The number of fused-ring (bicyclic) bond motifs is 1. The smallest absolute Gasteiger partial charge is 0.183 e. The fraction of sp³-hybridized carbons (Fsp3) is 0.125. The largest absolute Gasteiger partial charge is 0.293 e. The summed E-state index contributed by atoms with van der Waals surface area (Å²) in [5.41, 5.74) is 0.942. The number of H-pyrrole nitrogens is 1. The number of halogens is 1. The van der Waals surface area contributed by atoms with Crippen LogP contribution in [0.15, 0.2) is 12.1 Å². The van der Waals surface area contributed by atoms with Crippen LogP contribution in [0.3, 0.4) is 0 Å². The highest BCUT2D eigenvalue weighted by atomic mass is 35.5. The van der Waals surface area contributed by atoms with E-state index in [2.05, 4.69) is 15.2 Å². The molecule has 2 aromatic rings. The van der Waals surface area contributed by atoms with Gasteiger partial charge in [-0.1, -0.05) is 11.6 Å². The van der Waals surface area contributed by atoms with Gasteiger partial charge in [0.25, 0.3) is 0 Å². The summed E-state index contributed by atoms with van der Waals surface area (Å²) in [4.78, 5) is 15.0. The van der Waals surface area contributed by atoms with Crippen molar-refractivity contribution in [2.24, 2.45) is 0 Å². The highest BCUT2D eigenvalue weighted by molar-refractivity contribution is 6.29. The van der Waals surface area contributed by atoms with E-state index in [1.165, 1.54) is 6.92 Å². The Morgan fingerprint density at radius 1 is 1.54 bits per heavy atom. The van der Waals surface area contributed by atoms with Crippen molar-refractivity contribution < 1.29 is 4.79 Å². The van der Waals surface area contributed by atoms with Gasteiger partial charge in [0.15, 0.2) is 11.4 Å². The van der Waals surface area contributed by atoms with Crippen molar-refractivity contribution >= 4 is 28.4 Å². The normalized spacial score (nSPS) is 10.6. The maximum atomic E-state index is 11.1. The molecule has 0 spiro atoms. The third-order valence-electron chi connectivity index (χ3n) is 1.74. The van der Waals surface area contributed by atoms with Crippen molar-refractivity contribution in [3.8, 4) is 0 Å². The van der Waals surface area contributed by atoms with E-state index >= 15 is 0 Å². The Kier molecular flexibility index (Phi) is 1.77. The molecule has 4 nitrogen and oxygen atoms in total. The van der Waals surface area contributed by atoms with E-state index in [1.54, 1.807) is 12.1 Å². The first kappa shape index (κ1) is 8.19. The van der Waals surface area contributed by atoms with Crippen LogP contribution in [0.1, 0.15) is 17.4 Å². The number of ketones is 1. The van der Waals surface area contributed by atoms with Crippen molar-refractivity contribution in [3.05, 3.63) is 23.0 Å². The van der Waals surface area contributed by atoms with Crippen LogP contribution in [0.2, 0.25) is 5.15 Å². The zero-order valence-electron chi connectivity index (χ0n) is 6.84. The van der Waals surface area contributed by atoms with Gasteiger partial charge in [0.2, 0.25) is 0 Å². The van der Waals surface area contributed by atoms with Gasteiger partial charge in [-0.25, -0.2) is 4.98 Å². The van der Waals surface area contributed by atoms with Gasteiger partial charge in [0.1, 0.15) is 10.8 Å². The summed E-state index contributed by atoms with van der Waals surface area (Å²) in [5.74, 6) is -0.0633. The monoisotopic (exact) mass is 195 g/mol. The van der Waals surface area contributed by atoms with Gasteiger partial charge in [-0.05, 0) is 12.1 Å². The Hall–Kier alpha value is -1.42. The van der Waals surface area contributed by atoms with Gasteiger partial charge in [-0.15, -0.1) is 0 Å².